The van der Waals surface area contributed by atoms with Crippen molar-refractivity contribution < 1.29 is 24.2 Å². The molecule has 1 saturated heterocycles. The van der Waals surface area contributed by atoms with Crippen LogP contribution in [-0.4, -0.2) is 46.5 Å². The third-order valence-electron chi connectivity index (χ3n) is 3.21. The van der Waals surface area contributed by atoms with Crippen molar-refractivity contribution in [2.24, 2.45) is 0 Å². The van der Waals surface area contributed by atoms with E-state index in [4.69, 9.17) is 26.8 Å². The number of carbonyl (C=O) groups excluding carboxylic acids is 1. The van der Waals surface area contributed by atoms with Crippen LogP contribution in [0, 0.1) is 0 Å². The minimum atomic E-state index is -1.09. The number of aliphatic carboxylic acids is 1. The first-order valence-electron chi connectivity index (χ1n) is 7.34. The topological polar surface area (TPSA) is 76.1 Å². The zero-order chi connectivity index (χ0) is 18.6. The number of thioether (sulfide) groups is 1. The molecule has 0 aromatic heterocycles. The van der Waals surface area contributed by atoms with Crippen LogP contribution in [0.25, 0.3) is 6.08 Å². The summed E-state index contributed by atoms with van der Waals surface area (Å²) in [6.45, 7) is 2.10. The number of halogens is 1. The second-order valence-electron chi connectivity index (χ2n) is 5.05. The smallest absolute Gasteiger partial charge is 0.341 e. The van der Waals surface area contributed by atoms with E-state index in [-0.39, 0.29) is 5.91 Å². The van der Waals surface area contributed by atoms with Gasteiger partial charge in [-0.05, 0) is 46.1 Å². The lowest BCUT2D eigenvalue weighted by Gasteiger charge is -2.13. The molecule has 6 nitrogen and oxygen atoms in total. The fourth-order valence-corrected chi connectivity index (χ4v) is 4.05. The molecule has 1 aliphatic heterocycles. The number of hydrogen-bond acceptors (Lipinski definition) is 6. The van der Waals surface area contributed by atoms with Crippen molar-refractivity contribution in [3.8, 4) is 11.5 Å². The van der Waals surface area contributed by atoms with Gasteiger partial charge in [0.15, 0.2) is 18.1 Å². The third-order valence-corrected chi connectivity index (χ3v) is 5.18. The van der Waals surface area contributed by atoms with Crippen LogP contribution in [0.3, 0.4) is 0 Å². The number of hydrogen-bond donors (Lipinski definition) is 1. The highest BCUT2D eigenvalue weighted by molar-refractivity contribution is 9.10. The highest BCUT2D eigenvalue weighted by Crippen LogP contribution is 2.39. The summed E-state index contributed by atoms with van der Waals surface area (Å²) in [6, 6.07) is 3.40. The van der Waals surface area contributed by atoms with Crippen molar-refractivity contribution in [1.29, 1.82) is 0 Å². The molecule has 0 unspecified atom stereocenters. The highest BCUT2D eigenvalue weighted by Gasteiger charge is 2.31. The van der Waals surface area contributed by atoms with Gasteiger partial charge in [-0.15, -0.1) is 0 Å². The molecule has 1 fully saturated rings. The maximum atomic E-state index is 12.4. The van der Waals surface area contributed by atoms with E-state index in [9.17, 15) is 9.59 Å². The van der Waals surface area contributed by atoms with E-state index in [1.165, 1.54) is 18.9 Å². The van der Waals surface area contributed by atoms with E-state index in [1.54, 1.807) is 23.1 Å². The molecule has 0 saturated carbocycles. The lowest BCUT2D eigenvalue weighted by atomic mass is 10.2. The summed E-state index contributed by atoms with van der Waals surface area (Å²) in [7, 11) is 1.46. The molecule has 0 spiro atoms. The van der Waals surface area contributed by atoms with Crippen LogP contribution in [-0.2, 0) is 9.59 Å². The molecular formula is C16H16BrNO5S2. The standard InChI is InChI=1S/C16H16BrNO5S2/c1-3-4-18-15(21)12(25-16(18)24)7-9-5-10(17)14(11(6-9)22-2)23-8-13(19)20/h5-7H,3-4,8H2,1-2H3,(H,19,20)/b12-7+. The van der Waals surface area contributed by atoms with Gasteiger partial charge in [-0.2, -0.15) is 0 Å². The van der Waals surface area contributed by atoms with Gasteiger partial charge in [0.1, 0.15) is 4.32 Å². The first kappa shape index (κ1) is 19.7. The summed E-state index contributed by atoms with van der Waals surface area (Å²) in [6.07, 6.45) is 2.55. The molecule has 1 amide bonds. The maximum Gasteiger partial charge on any atom is 0.341 e. The van der Waals surface area contributed by atoms with Crippen LogP contribution >= 0.6 is 39.9 Å². The van der Waals surface area contributed by atoms with Crippen molar-refractivity contribution in [3.05, 3.63) is 27.1 Å². The van der Waals surface area contributed by atoms with Gasteiger partial charge >= 0.3 is 5.97 Å². The Labute approximate surface area is 163 Å². The summed E-state index contributed by atoms with van der Waals surface area (Å²) in [5, 5.41) is 8.75. The Morgan fingerprint density at radius 1 is 1.48 bits per heavy atom. The van der Waals surface area contributed by atoms with Gasteiger partial charge in [0.25, 0.3) is 5.91 Å². The number of amides is 1. The minimum Gasteiger partial charge on any atom is -0.493 e. The predicted molar refractivity (Wildman–Crippen MR) is 104 cm³/mol. The molecule has 1 aromatic rings. The van der Waals surface area contributed by atoms with Crippen LogP contribution in [0.1, 0.15) is 18.9 Å². The second kappa shape index (κ2) is 8.68. The average Bonchev–Trinajstić information content (AvgIpc) is 2.81. The van der Waals surface area contributed by atoms with Crippen molar-refractivity contribution in [2.45, 2.75) is 13.3 Å². The summed E-state index contributed by atoms with van der Waals surface area (Å²) in [5.41, 5.74) is 0.711. The quantitative estimate of drug-likeness (QED) is 0.507. The second-order valence-corrected chi connectivity index (χ2v) is 7.58. The van der Waals surface area contributed by atoms with Crippen molar-refractivity contribution in [1.82, 2.24) is 4.90 Å². The Morgan fingerprint density at radius 2 is 2.20 bits per heavy atom. The van der Waals surface area contributed by atoms with E-state index in [0.29, 0.717) is 37.3 Å². The van der Waals surface area contributed by atoms with Crippen LogP contribution in [0.4, 0.5) is 0 Å². The molecule has 0 bridgehead atoms. The molecule has 2 rings (SSSR count). The van der Waals surface area contributed by atoms with Crippen LogP contribution in [0.2, 0.25) is 0 Å². The maximum absolute atomic E-state index is 12.4. The van der Waals surface area contributed by atoms with Crippen LogP contribution < -0.4 is 9.47 Å². The fraction of sp³-hybridized carbons (Fsp3) is 0.312. The third kappa shape index (κ3) is 4.74. The number of rotatable bonds is 7. The van der Waals surface area contributed by atoms with Gasteiger partial charge < -0.3 is 14.6 Å². The van der Waals surface area contributed by atoms with Crippen LogP contribution in [0.5, 0.6) is 11.5 Å². The normalized spacial score (nSPS) is 15.8. The van der Waals surface area contributed by atoms with Crippen LogP contribution in [0.15, 0.2) is 21.5 Å². The molecule has 0 aliphatic carbocycles. The van der Waals surface area contributed by atoms with Crippen molar-refractivity contribution in [3.63, 3.8) is 0 Å². The Hall–Kier alpha value is -1.58. The summed E-state index contributed by atoms with van der Waals surface area (Å²) in [4.78, 5) is 25.2. The molecule has 1 aromatic carbocycles. The molecule has 0 radical (unpaired) electrons. The van der Waals surface area contributed by atoms with Gasteiger partial charge in [-0.25, -0.2) is 4.79 Å². The van der Waals surface area contributed by atoms with E-state index in [0.717, 1.165) is 6.42 Å². The Morgan fingerprint density at radius 3 is 2.80 bits per heavy atom. The number of ether oxygens (including phenoxy) is 2. The summed E-state index contributed by atoms with van der Waals surface area (Å²) in [5.74, 6) is -0.540. The fourth-order valence-electron chi connectivity index (χ4n) is 2.16. The van der Waals surface area contributed by atoms with Gasteiger partial charge in [-0.3, -0.25) is 9.69 Å². The predicted octanol–water partition coefficient (Wildman–Crippen LogP) is 3.53. The first-order valence-corrected chi connectivity index (χ1v) is 9.36. The highest BCUT2D eigenvalue weighted by atomic mass is 79.9. The lowest BCUT2D eigenvalue weighted by Crippen LogP contribution is -2.28. The van der Waals surface area contributed by atoms with E-state index < -0.39 is 12.6 Å². The van der Waals surface area contributed by atoms with Crippen molar-refractivity contribution >= 4 is 62.2 Å². The number of thiocarbonyl (C=S) groups is 1. The Balaban J connectivity index is 2.31. The monoisotopic (exact) mass is 445 g/mol. The average molecular weight is 446 g/mol. The zero-order valence-corrected chi connectivity index (χ0v) is 16.8. The minimum absolute atomic E-state index is 0.113. The number of benzene rings is 1. The Kier molecular flexibility index (Phi) is 6.86. The number of methoxy groups -OCH3 is 1. The van der Waals surface area contributed by atoms with E-state index >= 15 is 0 Å². The van der Waals surface area contributed by atoms with Crippen molar-refractivity contribution in [2.75, 3.05) is 20.3 Å². The largest absolute Gasteiger partial charge is 0.493 e. The zero-order valence-electron chi connectivity index (χ0n) is 13.6. The summed E-state index contributed by atoms with van der Waals surface area (Å²) >= 11 is 9.85. The van der Waals surface area contributed by atoms with E-state index in [2.05, 4.69) is 15.9 Å². The van der Waals surface area contributed by atoms with E-state index in [1.807, 2.05) is 6.92 Å². The van der Waals surface area contributed by atoms with Gasteiger partial charge in [0.2, 0.25) is 0 Å². The summed E-state index contributed by atoms with van der Waals surface area (Å²) < 4.78 is 11.6. The first-order chi connectivity index (χ1) is 11.9. The number of nitrogens with zero attached hydrogens (tertiary/aromatic N) is 1. The Bertz CT molecular complexity index is 750. The molecule has 134 valence electrons. The van der Waals surface area contributed by atoms with Gasteiger partial charge in [0.05, 0.1) is 16.5 Å². The molecule has 9 heteroatoms. The SMILES string of the molecule is CCCN1C(=O)/C(=C\c2cc(Br)c(OCC(=O)O)c(OC)c2)SC1=S. The number of carbonyl (C=O) groups is 2. The molecular weight excluding hydrogens is 430 g/mol. The molecule has 1 heterocycles. The molecule has 1 aliphatic rings. The molecule has 0 atom stereocenters. The lowest BCUT2D eigenvalue weighted by molar-refractivity contribution is -0.139. The molecule has 25 heavy (non-hydrogen) atoms. The number of carboxylic acids is 1. The van der Waals surface area contributed by atoms with Gasteiger partial charge in [0, 0.05) is 6.54 Å². The molecule has 1 N–H and O–H groups in total. The van der Waals surface area contributed by atoms with Gasteiger partial charge in [-0.1, -0.05) is 30.9 Å². The number of carboxylic acid groups (broad SMARTS) is 1.